The highest BCUT2D eigenvalue weighted by molar-refractivity contribution is 7.08. The molecule has 2 aromatic rings. The summed E-state index contributed by atoms with van der Waals surface area (Å²) in [7, 11) is 0. The van der Waals surface area contributed by atoms with Gasteiger partial charge in [-0.25, -0.2) is 0 Å². The molecule has 160 valence electrons. The summed E-state index contributed by atoms with van der Waals surface area (Å²) >= 11 is 1.47. The Balaban J connectivity index is 1.52. The molecule has 0 aliphatic carbocycles. The first kappa shape index (κ1) is 22.0. The summed E-state index contributed by atoms with van der Waals surface area (Å²) in [5.41, 5.74) is 1.71. The number of thiophene rings is 1. The van der Waals surface area contributed by atoms with Gasteiger partial charge in [-0.3, -0.25) is 14.4 Å². The lowest BCUT2D eigenvalue weighted by atomic mass is 9.91. The van der Waals surface area contributed by atoms with E-state index in [1.54, 1.807) is 23.6 Å². The highest BCUT2D eigenvalue weighted by Crippen LogP contribution is 2.25. The van der Waals surface area contributed by atoms with E-state index in [2.05, 4.69) is 24.5 Å². The van der Waals surface area contributed by atoms with Crippen molar-refractivity contribution in [1.29, 1.82) is 0 Å². The van der Waals surface area contributed by atoms with E-state index < -0.39 is 0 Å². The monoisotopic (exact) mass is 427 g/mol. The van der Waals surface area contributed by atoms with Gasteiger partial charge in [0.1, 0.15) is 0 Å². The predicted octanol–water partition coefficient (Wildman–Crippen LogP) is 4.01. The van der Waals surface area contributed by atoms with Crippen molar-refractivity contribution >= 4 is 34.7 Å². The first-order valence-corrected chi connectivity index (χ1v) is 11.4. The zero-order valence-electron chi connectivity index (χ0n) is 17.5. The normalized spacial score (nSPS) is 18.7. The third kappa shape index (κ3) is 5.92. The van der Waals surface area contributed by atoms with Crippen molar-refractivity contribution in [3.63, 3.8) is 0 Å². The molecule has 1 saturated heterocycles. The van der Waals surface area contributed by atoms with Gasteiger partial charge in [-0.15, -0.1) is 0 Å². The van der Waals surface area contributed by atoms with E-state index in [1.807, 2.05) is 22.4 Å². The second-order valence-electron chi connectivity index (χ2n) is 8.12. The lowest BCUT2D eigenvalue weighted by molar-refractivity contribution is -0.116. The molecule has 6 nitrogen and oxygen atoms in total. The molecule has 3 amide bonds. The van der Waals surface area contributed by atoms with E-state index in [0.29, 0.717) is 41.6 Å². The van der Waals surface area contributed by atoms with Crippen molar-refractivity contribution in [3.8, 4) is 0 Å². The number of hydrogen-bond donors (Lipinski definition) is 2. The number of carbonyl (C=O) groups excluding carboxylic acids is 3. The predicted molar refractivity (Wildman–Crippen MR) is 120 cm³/mol. The quantitative estimate of drug-likeness (QED) is 0.655. The molecule has 0 bridgehead atoms. The molecule has 2 N–H and O–H groups in total. The Morgan fingerprint density at radius 2 is 1.83 bits per heavy atom. The van der Waals surface area contributed by atoms with Gasteiger partial charge in [0, 0.05) is 37.0 Å². The van der Waals surface area contributed by atoms with E-state index >= 15 is 0 Å². The Hall–Kier alpha value is -2.67. The van der Waals surface area contributed by atoms with Gasteiger partial charge in [-0.2, -0.15) is 11.3 Å². The molecule has 30 heavy (non-hydrogen) atoms. The number of nitrogens with zero attached hydrogens (tertiary/aromatic N) is 1. The third-order valence-electron chi connectivity index (χ3n) is 5.24. The van der Waals surface area contributed by atoms with Crippen LogP contribution in [0.3, 0.4) is 0 Å². The maximum atomic E-state index is 13.1. The van der Waals surface area contributed by atoms with E-state index in [-0.39, 0.29) is 24.1 Å². The smallest absolute Gasteiger partial charge is 0.255 e. The van der Waals surface area contributed by atoms with Gasteiger partial charge in [0.05, 0.1) is 11.3 Å². The lowest BCUT2D eigenvalue weighted by Gasteiger charge is -2.35. The average Bonchev–Trinajstić information content (AvgIpc) is 3.25. The van der Waals surface area contributed by atoms with Crippen LogP contribution in [0.25, 0.3) is 0 Å². The summed E-state index contributed by atoms with van der Waals surface area (Å²) in [6, 6.07) is 8.93. The van der Waals surface area contributed by atoms with Crippen LogP contribution in [0, 0.1) is 11.8 Å². The molecule has 3 rings (SSSR count). The number of hydrogen-bond acceptors (Lipinski definition) is 4. The van der Waals surface area contributed by atoms with Gasteiger partial charge in [0.15, 0.2) is 0 Å². The van der Waals surface area contributed by atoms with Crippen molar-refractivity contribution in [2.24, 2.45) is 11.8 Å². The van der Waals surface area contributed by atoms with Gasteiger partial charge in [-0.05, 0) is 48.3 Å². The van der Waals surface area contributed by atoms with Gasteiger partial charge >= 0.3 is 0 Å². The molecule has 2 heterocycles. The molecule has 1 aromatic heterocycles. The summed E-state index contributed by atoms with van der Waals surface area (Å²) in [4.78, 5) is 39.3. The molecule has 2 atom stereocenters. The molecule has 1 fully saturated rings. The fourth-order valence-electron chi connectivity index (χ4n) is 3.94. The van der Waals surface area contributed by atoms with Gasteiger partial charge in [0.2, 0.25) is 5.91 Å². The summed E-state index contributed by atoms with van der Waals surface area (Å²) < 4.78 is 0. The number of likely N-dealkylation sites (tertiary alicyclic amines) is 1. The van der Waals surface area contributed by atoms with Crippen molar-refractivity contribution in [1.82, 2.24) is 10.2 Å². The topological polar surface area (TPSA) is 78.5 Å². The Kier molecular flexibility index (Phi) is 7.63. The molecule has 1 aromatic carbocycles. The van der Waals surface area contributed by atoms with Crippen LogP contribution in [0.15, 0.2) is 41.1 Å². The molecule has 1 aliphatic heterocycles. The zero-order chi connectivity index (χ0) is 21.5. The maximum Gasteiger partial charge on any atom is 0.255 e. The SMILES string of the molecule is CC1CC(C)CN(C(=O)c2ccccc2NC(=O)CCCNC(=O)c2ccsc2)C1. The van der Waals surface area contributed by atoms with Gasteiger partial charge in [-0.1, -0.05) is 26.0 Å². The highest BCUT2D eigenvalue weighted by atomic mass is 32.1. The Labute approximate surface area is 181 Å². The van der Waals surface area contributed by atoms with Crippen LogP contribution in [0.4, 0.5) is 5.69 Å². The van der Waals surface area contributed by atoms with Crippen LogP contribution in [0.1, 0.15) is 53.8 Å². The molecular formula is C23H29N3O3S. The minimum atomic E-state index is -0.166. The second-order valence-corrected chi connectivity index (χ2v) is 8.90. The number of para-hydroxylation sites is 1. The lowest BCUT2D eigenvalue weighted by Crippen LogP contribution is -2.42. The summed E-state index contributed by atoms with van der Waals surface area (Å²) in [6.07, 6.45) is 1.92. The number of nitrogens with one attached hydrogen (secondary N) is 2. The van der Waals surface area contributed by atoms with Gasteiger partial charge in [0.25, 0.3) is 11.8 Å². The fourth-order valence-corrected chi connectivity index (χ4v) is 4.57. The average molecular weight is 428 g/mol. The van der Waals surface area contributed by atoms with Crippen molar-refractivity contribution in [2.45, 2.75) is 33.1 Å². The Morgan fingerprint density at radius 3 is 2.53 bits per heavy atom. The fraction of sp³-hybridized carbons (Fsp3) is 0.435. The maximum absolute atomic E-state index is 13.1. The molecule has 7 heteroatoms. The van der Waals surface area contributed by atoms with Crippen LogP contribution < -0.4 is 10.6 Å². The van der Waals surface area contributed by atoms with Crippen molar-refractivity contribution in [3.05, 3.63) is 52.2 Å². The first-order chi connectivity index (χ1) is 14.4. The molecule has 2 unspecified atom stereocenters. The minimum absolute atomic E-state index is 0.0349. The van der Waals surface area contributed by atoms with Gasteiger partial charge < -0.3 is 15.5 Å². The van der Waals surface area contributed by atoms with Crippen LogP contribution in [-0.4, -0.2) is 42.3 Å². The van der Waals surface area contributed by atoms with Crippen LogP contribution in [0.5, 0.6) is 0 Å². The number of benzene rings is 1. The standard InChI is InChI=1S/C23H29N3O3S/c1-16-12-17(2)14-26(13-16)23(29)19-6-3-4-7-20(19)25-21(27)8-5-10-24-22(28)18-9-11-30-15-18/h3-4,6-7,9,11,15-17H,5,8,10,12-14H2,1-2H3,(H,24,28)(H,25,27). The number of anilines is 1. The summed E-state index contributed by atoms with van der Waals surface area (Å²) in [6.45, 7) is 6.25. The number of rotatable bonds is 7. The van der Waals surface area contributed by atoms with Crippen LogP contribution in [0.2, 0.25) is 0 Å². The molecule has 1 aliphatic rings. The molecule has 0 spiro atoms. The van der Waals surface area contributed by atoms with E-state index in [4.69, 9.17) is 0 Å². The zero-order valence-corrected chi connectivity index (χ0v) is 18.3. The number of piperidine rings is 1. The summed E-state index contributed by atoms with van der Waals surface area (Å²) in [5.74, 6) is 0.623. The van der Waals surface area contributed by atoms with Crippen LogP contribution in [-0.2, 0) is 4.79 Å². The molecular weight excluding hydrogens is 398 g/mol. The summed E-state index contributed by atoms with van der Waals surface area (Å²) in [5, 5.41) is 9.33. The minimum Gasteiger partial charge on any atom is -0.352 e. The van der Waals surface area contributed by atoms with E-state index in [1.165, 1.54) is 11.3 Å². The van der Waals surface area contributed by atoms with E-state index in [9.17, 15) is 14.4 Å². The highest BCUT2D eigenvalue weighted by Gasteiger charge is 2.27. The second kappa shape index (κ2) is 10.4. The van der Waals surface area contributed by atoms with Crippen molar-refractivity contribution in [2.75, 3.05) is 25.0 Å². The number of amides is 3. The Morgan fingerprint density at radius 1 is 1.10 bits per heavy atom. The van der Waals surface area contributed by atoms with E-state index in [0.717, 1.165) is 19.5 Å². The molecule has 0 radical (unpaired) electrons. The Bertz CT molecular complexity index is 872. The van der Waals surface area contributed by atoms with Crippen LogP contribution >= 0.6 is 11.3 Å². The largest absolute Gasteiger partial charge is 0.352 e. The number of carbonyl (C=O) groups is 3. The van der Waals surface area contributed by atoms with Crippen molar-refractivity contribution < 1.29 is 14.4 Å². The third-order valence-corrected chi connectivity index (χ3v) is 5.92. The molecule has 0 saturated carbocycles. The first-order valence-electron chi connectivity index (χ1n) is 10.4.